The number of rotatable bonds is 9. The molecule has 3 aromatic rings. The van der Waals surface area contributed by atoms with Crippen LogP contribution in [0.2, 0.25) is 0 Å². The van der Waals surface area contributed by atoms with Gasteiger partial charge in [0.1, 0.15) is 12.4 Å². The Balaban J connectivity index is 1.59. The first-order chi connectivity index (χ1) is 17.5. The van der Waals surface area contributed by atoms with Gasteiger partial charge in [0.15, 0.2) is 11.5 Å². The summed E-state index contributed by atoms with van der Waals surface area (Å²) < 4.78 is 22.2. The third kappa shape index (κ3) is 5.62. The summed E-state index contributed by atoms with van der Waals surface area (Å²) in [5.74, 6) is 1.54. The Hall–Kier alpha value is -4.00. The monoisotopic (exact) mass is 489 g/mol. The third-order valence-corrected chi connectivity index (χ3v) is 6.29. The SMILES string of the molecule is CCOC(=O)c1ccc(OCC2c3cc(OC)c(OC)cc3CCN2C(=O)Cc2ccccc2)cc1. The van der Waals surface area contributed by atoms with Crippen LogP contribution in [0.4, 0.5) is 0 Å². The zero-order valence-electron chi connectivity index (χ0n) is 20.9. The lowest BCUT2D eigenvalue weighted by Gasteiger charge is -2.37. The van der Waals surface area contributed by atoms with Gasteiger partial charge >= 0.3 is 5.97 Å². The van der Waals surface area contributed by atoms with Crippen LogP contribution in [0.1, 0.15) is 40.0 Å². The summed E-state index contributed by atoms with van der Waals surface area (Å²) in [5.41, 5.74) is 3.50. The smallest absolute Gasteiger partial charge is 0.338 e. The van der Waals surface area contributed by atoms with Crippen molar-refractivity contribution >= 4 is 11.9 Å². The van der Waals surface area contributed by atoms with Gasteiger partial charge in [0.25, 0.3) is 0 Å². The van der Waals surface area contributed by atoms with Gasteiger partial charge in [0.05, 0.1) is 38.9 Å². The van der Waals surface area contributed by atoms with Crippen molar-refractivity contribution in [2.24, 2.45) is 0 Å². The quantitative estimate of drug-likeness (QED) is 0.408. The minimum Gasteiger partial charge on any atom is -0.493 e. The number of methoxy groups -OCH3 is 2. The molecule has 3 aromatic carbocycles. The van der Waals surface area contributed by atoms with E-state index in [0.717, 1.165) is 16.7 Å². The van der Waals surface area contributed by atoms with Gasteiger partial charge in [0.2, 0.25) is 5.91 Å². The van der Waals surface area contributed by atoms with Crippen LogP contribution in [0, 0.1) is 0 Å². The number of benzene rings is 3. The molecular formula is C29H31NO6. The molecule has 0 saturated carbocycles. The summed E-state index contributed by atoms with van der Waals surface area (Å²) in [4.78, 5) is 27.3. The number of amides is 1. The van der Waals surface area contributed by atoms with Crippen LogP contribution in [0.5, 0.6) is 17.2 Å². The van der Waals surface area contributed by atoms with Crippen LogP contribution in [-0.4, -0.2) is 50.8 Å². The van der Waals surface area contributed by atoms with Crippen LogP contribution in [-0.2, 0) is 22.4 Å². The van der Waals surface area contributed by atoms with Crippen molar-refractivity contribution in [3.05, 3.63) is 89.0 Å². The second-order valence-electron chi connectivity index (χ2n) is 8.48. The van der Waals surface area contributed by atoms with E-state index >= 15 is 0 Å². The van der Waals surface area contributed by atoms with E-state index in [4.69, 9.17) is 18.9 Å². The molecule has 7 nitrogen and oxygen atoms in total. The number of nitrogens with zero attached hydrogens (tertiary/aromatic N) is 1. The second-order valence-corrected chi connectivity index (χ2v) is 8.48. The fraction of sp³-hybridized carbons (Fsp3) is 0.310. The Morgan fingerprint density at radius 3 is 2.31 bits per heavy atom. The molecule has 1 heterocycles. The van der Waals surface area contributed by atoms with E-state index in [1.807, 2.05) is 47.4 Å². The number of esters is 1. The maximum absolute atomic E-state index is 13.4. The highest BCUT2D eigenvalue weighted by atomic mass is 16.5. The minimum atomic E-state index is -0.371. The molecule has 0 N–H and O–H groups in total. The maximum atomic E-state index is 13.4. The van der Waals surface area contributed by atoms with Gasteiger partial charge in [-0.25, -0.2) is 4.79 Å². The molecule has 4 rings (SSSR count). The van der Waals surface area contributed by atoms with Gasteiger partial charge in [-0.1, -0.05) is 30.3 Å². The topological polar surface area (TPSA) is 74.3 Å². The normalized spacial score (nSPS) is 14.5. The first-order valence-corrected chi connectivity index (χ1v) is 12.0. The van der Waals surface area contributed by atoms with Gasteiger partial charge in [-0.2, -0.15) is 0 Å². The highest BCUT2D eigenvalue weighted by Crippen LogP contribution is 2.38. The van der Waals surface area contributed by atoms with Crippen LogP contribution in [0.25, 0.3) is 0 Å². The predicted molar refractivity (Wildman–Crippen MR) is 136 cm³/mol. The Bertz CT molecular complexity index is 1190. The molecule has 0 aromatic heterocycles. The van der Waals surface area contributed by atoms with Crippen molar-refractivity contribution in [3.63, 3.8) is 0 Å². The molecule has 1 aliphatic heterocycles. The molecule has 0 saturated heterocycles. The fourth-order valence-corrected chi connectivity index (χ4v) is 4.46. The molecule has 7 heteroatoms. The highest BCUT2D eigenvalue weighted by molar-refractivity contribution is 5.89. The van der Waals surface area contributed by atoms with Crippen molar-refractivity contribution in [2.75, 3.05) is 34.0 Å². The summed E-state index contributed by atoms with van der Waals surface area (Å²) >= 11 is 0. The van der Waals surface area contributed by atoms with E-state index in [2.05, 4.69) is 0 Å². The zero-order chi connectivity index (χ0) is 25.5. The first kappa shape index (κ1) is 25.1. The summed E-state index contributed by atoms with van der Waals surface area (Å²) in [6, 6.07) is 20.2. The third-order valence-electron chi connectivity index (χ3n) is 6.29. The minimum absolute atomic E-state index is 0.0351. The van der Waals surface area contributed by atoms with Crippen LogP contribution >= 0.6 is 0 Å². The van der Waals surface area contributed by atoms with E-state index in [-0.39, 0.29) is 24.5 Å². The Morgan fingerprint density at radius 1 is 0.944 bits per heavy atom. The lowest BCUT2D eigenvalue weighted by Crippen LogP contribution is -2.43. The molecule has 0 aliphatic carbocycles. The standard InChI is InChI=1S/C29H31NO6/c1-4-35-29(32)21-10-12-23(13-11-21)36-19-25-24-18-27(34-3)26(33-2)17-22(24)14-15-30(25)28(31)16-20-8-6-5-7-9-20/h5-13,17-18,25H,4,14-16,19H2,1-3H3. The van der Waals surface area contributed by atoms with E-state index in [1.165, 1.54) is 0 Å². The molecule has 188 valence electrons. The average Bonchev–Trinajstić information content (AvgIpc) is 2.91. The Labute approximate surface area is 211 Å². The number of fused-ring (bicyclic) bond motifs is 1. The first-order valence-electron chi connectivity index (χ1n) is 12.0. The lowest BCUT2D eigenvalue weighted by atomic mass is 9.91. The molecule has 0 bridgehead atoms. The summed E-state index contributed by atoms with van der Waals surface area (Å²) in [6.45, 7) is 2.91. The number of hydrogen-bond acceptors (Lipinski definition) is 6. The fourth-order valence-electron chi connectivity index (χ4n) is 4.46. The van der Waals surface area contributed by atoms with Crippen LogP contribution in [0.15, 0.2) is 66.7 Å². The molecule has 36 heavy (non-hydrogen) atoms. The molecule has 1 amide bonds. The molecule has 1 aliphatic rings. The summed E-state index contributed by atoms with van der Waals surface area (Å²) in [5, 5.41) is 0. The van der Waals surface area contributed by atoms with Crippen LogP contribution < -0.4 is 14.2 Å². The Morgan fingerprint density at radius 2 is 1.64 bits per heavy atom. The average molecular weight is 490 g/mol. The highest BCUT2D eigenvalue weighted by Gasteiger charge is 2.32. The van der Waals surface area contributed by atoms with E-state index in [1.54, 1.807) is 45.4 Å². The van der Waals surface area contributed by atoms with Gasteiger partial charge in [-0.05, 0) is 66.4 Å². The van der Waals surface area contributed by atoms with Crippen molar-refractivity contribution in [1.29, 1.82) is 0 Å². The predicted octanol–water partition coefficient (Wildman–Crippen LogP) is 4.63. The molecule has 1 atom stereocenters. The maximum Gasteiger partial charge on any atom is 0.338 e. The van der Waals surface area contributed by atoms with Crippen LogP contribution in [0.3, 0.4) is 0 Å². The van der Waals surface area contributed by atoms with E-state index in [9.17, 15) is 9.59 Å². The lowest BCUT2D eigenvalue weighted by molar-refractivity contribution is -0.134. The molecule has 0 spiro atoms. The van der Waals surface area contributed by atoms with Crippen molar-refractivity contribution in [1.82, 2.24) is 4.90 Å². The molecular weight excluding hydrogens is 458 g/mol. The summed E-state index contributed by atoms with van der Waals surface area (Å²) in [6.07, 6.45) is 1.02. The van der Waals surface area contributed by atoms with Gasteiger partial charge in [-0.3, -0.25) is 4.79 Å². The largest absolute Gasteiger partial charge is 0.493 e. The zero-order valence-corrected chi connectivity index (χ0v) is 20.9. The molecule has 0 radical (unpaired) electrons. The van der Waals surface area contributed by atoms with Crippen molar-refractivity contribution < 1.29 is 28.5 Å². The van der Waals surface area contributed by atoms with Crippen molar-refractivity contribution in [2.45, 2.75) is 25.8 Å². The number of ether oxygens (including phenoxy) is 4. The molecule has 1 unspecified atom stereocenters. The van der Waals surface area contributed by atoms with Gasteiger partial charge < -0.3 is 23.8 Å². The Kier molecular flexibility index (Phi) is 8.10. The van der Waals surface area contributed by atoms with Crippen molar-refractivity contribution in [3.8, 4) is 17.2 Å². The number of hydrogen-bond donors (Lipinski definition) is 0. The summed E-state index contributed by atoms with van der Waals surface area (Å²) in [7, 11) is 3.21. The number of carbonyl (C=O) groups excluding carboxylic acids is 2. The van der Waals surface area contributed by atoms with Gasteiger partial charge in [0, 0.05) is 6.54 Å². The van der Waals surface area contributed by atoms with E-state index in [0.29, 0.717) is 48.8 Å². The van der Waals surface area contributed by atoms with E-state index < -0.39 is 0 Å². The second kappa shape index (κ2) is 11.6. The van der Waals surface area contributed by atoms with Gasteiger partial charge in [-0.15, -0.1) is 0 Å². The molecule has 0 fully saturated rings. The number of carbonyl (C=O) groups is 2.